The van der Waals surface area contributed by atoms with Gasteiger partial charge >= 0.3 is 5.97 Å². The van der Waals surface area contributed by atoms with Crippen molar-refractivity contribution in [3.8, 4) is 0 Å². The minimum absolute atomic E-state index is 0.101. The molecule has 2 amide bonds. The first kappa shape index (κ1) is 23.9. The van der Waals surface area contributed by atoms with Gasteiger partial charge in [-0.1, -0.05) is 42.5 Å². The average Bonchev–Trinajstić information content (AvgIpc) is 2.83. The van der Waals surface area contributed by atoms with E-state index >= 15 is 0 Å². The first-order valence-corrected chi connectivity index (χ1v) is 10.2. The molecule has 0 radical (unpaired) electrons. The summed E-state index contributed by atoms with van der Waals surface area (Å²) in [6, 6.07) is 19.0. The molecule has 0 spiro atoms. The molecule has 174 valence electrons. The van der Waals surface area contributed by atoms with Crippen LogP contribution >= 0.6 is 0 Å². The third-order valence-electron chi connectivity index (χ3n) is 4.89. The Kier molecular flexibility index (Phi) is 7.55. The standard InChI is InChI=1S/C24H22N4O6/c1-15(16-7-3-2-4-8-16)26-23(30)18-9-5-6-10-20(18)27-22(29)14-34-24(31)17-11-12-19(25)21(13-17)28(32)33/h2-13,15H,14,25H2,1H3,(H,26,30)(H,27,29). The molecule has 0 aliphatic carbocycles. The summed E-state index contributed by atoms with van der Waals surface area (Å²) >= 11 is 0. The summed E-state index contributed by atoms with van der Waals surface area (Å²) in [5.74, 6) is -2.01. The zero-order valence-corrected chi connectivity index (χ0v) is 18.2. The molecule has 0 saturated carbocycles. The van der Waals surface area contributed by atoms with E-state index in [1.807, 2.05) is 37.3 Å². The number of hydrogen-bond donors (Lipinski definition) is 3. The van der Waals surface area contributed by atoms with Crippen LogP contribution in [0.2, 0.25) is 0 Å². The fraction of sp³-hybridized carbons (Fsp3) is 0.125. The highest BCUT2D eigenvalue weighted by Gasteiger charge is 2.19. The molecule has 0 aliphatic rings. The average molecular weight is 462 g/mol. The number of anilines is 2. The first-order chi connectivity index (χ1) is 16.3. The number of hydrogen-bond acceptors (Lipinski definition) is 7. The molecule has 0 bridgehead atoms. The number of ether oxygens (including phenoxy) is 1. The smallest absolute Gasteiger partial charge is 0.338 e. The Bertz CT molecular complexity index is 1230. The van der Waals surface area contributed by atoms with Crippen LogP contribution in [-0.4, -0.2) is 29.3 Å². The Hall–Kier alpha value is -4.73. The Labute approximate surface area is 194 Å². The number of esters is 1. The maximum absolute atomic E-state index is 12.8. The lowest BCUT2D eigenvalue weighted by molar-refractivity contribution is -0.383. The van der Waals surface area contributed by atoms with E-state index in [1.54, 1.807) is 24.3 Å². The predicted octanol–water partition coefficient (Wildman–Crippen LogP) is 3.46. The van der Waals surface area contributed by atoms with E-state index in [2.05, 4.69) is 10.6 Å². The van der Waals surface area contributed by atoms with Crippen molar-refractivity contribution in [2.45, 2.75) is 13.0 Å². The molecule has 0 aliphatic heterocycles. The minimum atomic E-state index is -0.930. The van der Waals surface area contributed by atoms with Crippen LogP contribution in [0.15, 0.2) is 72.8 Å². The summed E-state index contributed by atoms with van der Waals surface area (Å²) in [6.45, 7) is 1.18. The molecular weight excluding hydrogens is 440 g/mol. The Morgan fingerprint density at radius 1 is 1.03 bits per heavy atom. The highest BCUT2D eigenvalue weighted by Crippen LogP contribution is 2.23. The third-order valence-corrected chi connectivity index (χ3v) is 4.89. The quantitative estimate of drug-likeness (QED) is 0.200. The number of nitro groups is 1. The van der Waals surface area contributed by atoms with Gasteiger partial charge in [-0.3, -0.25) is 19.7 Å². The van der Waals surface area contributed by atoms with Gasteiger partial charge in [0.05, 0.1) is 27.8 Å². The molecule has 3 aromatic carbocycles. The van der Waals surface area contributed by atoms with Gasteiger partial charge in [0, 0.05) is 6.07 Å². The molecule has 0 saturated heterocycles. The highest BCUT2D eigenvalue weighted by atomic mass is 16.6. The number of benzene rings is 3. The van der Waals surface area contributed by atoms with Crippen molar-refractivity contribution in [1.29, 1.82) is 0 Å². The number of rotatable bonds is 8. The predicted molar refractivity (Wildman–Crippen MR) is 125 cm³/mol. The van der Waals surface area contributed by atoms with Gasteiger partial charge in [-0.2, -0.15) is 0 Å². The van der Waals surface area contributed by atoms with Gasteiger partial charge < -0.3 is 21.1 Å². The van der Waals surface area contributed by atoms with Crippen LogP contribution in [0.1, 0.15) is 39.2 Å². The van der Waals surface area contributed by atoms with E-state index in [4.69, 9.17) is 10.5 Å². The summed E-state index contributed by atoms with van der Waals surface area (Å²) in [5, 5.41) is 16.4. The largest absolute Gasteiger partial charge is 0.452 e. The highest BCUT2D eigenvalue weighted by molar-refractivity contribution is 6.04. The summed E-state index contributed by atoms with van der Waals surface area (Å²) in [5.41, 5.74) is 6.24. The molecular formula is C24H22N4O6. The Balaban J connectivity index is 1.62. The molecule has 3 rings (SSSR count). The van der Waals surface area contributed by atoms with Crippen LogP contribution in [-0.2, 0) is 9.53 Å². The molecule has 4 N–H and O–H groups in total. The molecule has 10 nitrogen and oxygen atoms in total. The number of nitro benzene ring substituents is 1. The van der Waals surface area contributed by atoms with Crippen molar-refractivity contribution in [1.82, 2.24) is 5.32 Å². The summed E-state index contributed by atoms with van der Waals surface area (Å²) in [7, 11) is 0. The number of amides is 2. The molecule has 0 fully saturated rings. The summed E-state index contributed by atoms with van der Waals surface area (Å²) < 4.78 is 4.94. The zero-order valence-electron chi connectivity index (χ0n) is 18.2. The first-order valence-electron chi connectivity index (χ1n) is 10.2. The van der Waals surface area contributed by atoms with Gasteiger partial charge in [0.1, 0.15) is 5.69 Å². The second kappa shape index (κ2) is 10.7. The Morgan fingerprint density at radius 3 is 2.41 bits per heavy atom. The summed E-state index contributed by atoms with van der Waals surface area (Å²) in [6.07, 6.45) is 0. The number of nitrogens with one attached hydrogen (secondary N) is 2. The lowest BCUT2D eigenvalue weighted by Gasteiger charge is -2.16. The lowest BCUT2D eigenvalue weighted by Crippen LogP contribution is -2.28. The van der Waals surface area contributed by atoms with Gasteiger partial charge in [0.2, 0.25) is 0 Å². The van der Waals surface area contributed by atoms with Gasteiger partial charge in [-0.15, -0.1) is 0 Å². The van der Waals surface area contributed by atoms with Crippen molar-refractivity contribution in [3.05, 3.63) is 99.6 Å². The number of nitrogen functional groups attached to an aromatic ring is 1. The molecule has 1 unspecified atom stereocenters. The van der Waals surface area contributed by atoms with Crippen LogP contribution in [0.5, 0.6) is 0 Å². The van der Waals surface area contributed by atoms with Crippen LogP contribution in [0, 0.1) is 10.1 Å². The van der Waals surface area contributed by atoms with Crippen molar-refractivity contribution < 1.29 is 24.0 Å². The second-order valence-corrected chi connectivity index (χ2v) is 7.31. The number of carbonyl (C=O) groups excluding carboxylic acids is 3. The topological polar surface area (TPSA) is 154 Å². The van der Waals surface area contributed by atoms with Gasteiger partial charge in [-0.05, 0) is 36.8 Å². The normalized spacial score (nSPS) is 11.2. The monoisotopic (exact) mass is 462 g/mol. The summed E-state index contributed by atoms with van der Waals surface area (Å²) in [4.78, 5) is 47.6. The van der Waals surface area contributed by atoms with E-state index in [1.165, 1.54) is 12.1 Å². The number of carbonyl (C=O) groups is 3. The minimum Gasteiger partial charge on any atom is -0.452 e. The van der Waals surface area contributed by atoms with Crippen molar-refractivity contribution in [3.63, 3.8) is 0 Å². The second-order valence-electron chi connectivity index (χ2n) is 7.31. The van der Waals surface area contributed by atoms with Gasteiger partial charge in [-0.25, -0.2) is 4.79 Å². The van der Waals surface area contributed by atoms with E-state index in [9.17, 15) is 24.5 Å². The zero-order chi connectivity index (χ0) is 24.7. The van der Waals surface area contributed by atoms with Crippen LogP contribution < -0.4 is 16.4 Å². The lowest BCUT2D eigenvalue weighted by atomic mass is 10.1. The molecule has 3 aromatic rings. The van der Waals surface area contributed by atoms with Gasteiger partial charge in [0.25, 0.3) is 17.5 Å². The Morgan fingerprint density at radius 2 is 1.71 bits per heavy atom. The molecule has 0 heterocycles. The fourth-order valence-electron chi connectivity index (χ4n) is 3.12. The molecule has 10 heteroatoms. The van der Waals surface area contributed by atoms with Crippen LogP contribution in [0.4, 0.5) is 17.1 Å². The third kappa shape index (κ3) is 5.94. The molecule has 34 heavy (non-hydrogen) atoms. The van der Waals surface area contributed by atoms with E-state index < -0.39 is 35.0 Å². The van der Waals surface area contributed by atoms with Gasteiger partial charge in [0.15, 0.2) is 6.61 Å². The maximum atomic E-state index is 12.8. The van der Waals surface area contributed by atoms with Crippen molar-refractivity contribution in [2.75, 3.05) is 17.7 Å². The number of nitrogens with two attached hydrogens (primary N) is 1. The van der Waals surface area contributed by atoms with E-state index in [0.29, 0.717) is 0 Å². The molecule has 1 atom stereocenters. The van der Waals surface area contributed by atoms with Crippen LogP contribution in [0.3, 0.4) is 0 Å². The number of para-hydroxylation sites is 1. The van der Waals surface area contributed by atoms with E-state index in [0.717, 1.165) is 11.6 Å². The SMILES string of the molecule is CC(NC(=O)c1ccccc1NC(=O)COC(=O)c1ccc(N)c([N+](=O)[O-])c1)c1ccccc1. The van der Waals surface area contributed by atoms with Crippen molar-refractivity contribution in [2.24, 2.45) is 0 Å². The van der Waals surface area contributed by atoms with Crippen LogP contribution in [0.25, 0.3) is 0 Å². The van der Waals surface area contributed by atoms with Crippen molar-refractivity contribution >= 4 is 34.8 Å². The van der Waals surface area contributed by atoms with E-state index in [-0.39, 0.29) is 28.5 Å². The maximum Gasteiger partial charge on any atom is 0.338 e. The number of nitrogens with zero attached hydrogens (tertiary/aromatic N) is 1. The molecule has 0 aromatic heterocycles. The fourth-order valence-corrected chi connectivity index (χ4v) is 3.12.